The summed E-state index contributed by atoms with van der Waals surface area (Å²) in [6.07, 6.45) is 8.66. The smallest absolute Gasteiger partial charge is 0.123 e. The molecule has 4 fully saturated rings. The first-order chi connectivity index (χ1) is 15.1. The number of nitrogens with zero attached hydrogens (tertiary/aromatic N) is 4. The fourth-order valence-electron chi connectivity index (χ4n) is 5.07. The number of aldehydes is 1. The van der Waals surface area contributed by atoms with Crippen LogP contribution in [-0.4, -0.2) is 65.1 Å². The Balaban J connectivity index is 1.27. The number of nitrogens with one attached hydrogen (secondary N) is 2. The molecule has 0 amide bonds. The minimum absolute atomic E-state index is 0.174. The van der Waals surface area contributed by atoms with Gasteiger partial charge in [0.25, 0.3) is 0 Å². The molecule has 0 radical (unpaired) electrons. The summed E-state index contributed by atoms with van der Waals surface area (Å²) in [5.41, 5.74) is 5.21. The van der Waals surface area contributed by atoms with E-state index in [1.165, 1.54) is 5.69 Å². The number of piperazine rings is 1. The van der Waals surface area contributed by atoms with Crippen LogP contribution in [0.5, 0.6) is 0 Å². The van der Waals surface area contributed by atoms with E-state index in [0.29, 0.717) is 29.8 Å². The number of aromatic nitrogens is 2. The van der Waals surface area contributed by atoms with E-state index in [2.05, 4.69) is 45.3 Å². The Hall–Kier alpha value is -2.80. The van der Waals surface area contributed by atoms with Crippen LogP contribution in [0.2, 0.25) is 0 Å². The molecule has 2 aliphatic carbocycles. The third kappa shape index (κ3) is 3.22. The summed E-state index contributed by atoms with van der Waals surface area (Å²) >= 11 is 0. The Labute approximate surface area is 182 Å². The molecule has 6 rings (SSSR count). The highest BCUT2D eigenvalue weighted by Gasteiger charge is 2.49. The molecular formula is C24H28N6O. The van der Waals surface area contributed by atoms with Gasteiger partial charge in [0.05, 0.1) is 29.0 Å². The second-order valence-corrected chi connectivity index (χ2v) is 9.63. The highest BCUT2D eigenvalue weighted by molar-refractivity contribution is 6.23. The lowest BCUT2D eigenvalue weighted by Crippen LogP contribution is -2.78. The Morgan fingerprint density at radius 1 is 1.19 bits per heavy atom. The first kappa shape index (κ1) is 18.9. The fraction of sp³-hybridized carbons (Fsp3) is 0.500. The number of carbonyl (C=O) groups excluding carboxylic acids is 1. The van der Waals surface area contributed by atoms with E-state index < -0.39 is 0 Å². The maximum absolute atomic E-state index is 10.9. The summed E-state index contributed by atoms with van der Waals surface area (Å²) in [5, 5.41) is 12.1. The van der Waals surface area contributed by atoms with Crippen LogP contribution >= 0.6 is 0 Å². The van der Waals surface area contributed by atoms with Crippen molar-refractivity contribution in [3.63, 3.8) is 0 Å². The van der Waals surface area contributed by atoms with E-state index in [1.54, 1.807) is 6.20 Å². The predicted octanol–water partition coefficient (Wildman–Crippen LogP) is 2.47. The van der Waals surface area contributed by atoms with Crippen molar-refractivity contribution in [3.05, 3.63) is 36.3 Å². The van der Waals surface area contributed by atoms with Gasteiger partial charge in [0.1, 0.15) is 6.29 Å². The van der Waals surface area contributed by atoms with Crippen molar-refractivity contribution in [3.8, 4) is 0 Å². The average molecular weight is 417 g/mol. The second kappa shape index (κ2) is 7.12. The van der Waals surface area contributed by atoms with E-state index in [0.717, 1.165) is 67.4 Å². The van der Waals surface area contributed by atoms with Crippen molar-refractivity contribution >= 4 is 34.3 Å². The predicted molar refractivity (Wildman–Crippen MR) is 121 cm³/mol. The Bertz CT molecular complexity index is 1090. The molecule has 2 atom stereocenters. The molecule has 1 aromatic heterocycles. The van der Waals surface area contributed by atoms with Crippen LogP contribution in [-0.2, 0) is 4.79 Å². The maximum atomic E-state index is 10.9. The van der Waals surface area contributed by atoms with Gasteiger partial charge in [0.2, 0.25) is 0 Å². The normalized spacial score (nSPS) is 30.1. The minimum Gasteiger partial charge on any atom is -0.388 e. The zero-order valence-electron chi connectivity index (χ0n) is 17.8. The van der Waals surface area contributed by atoms with Crippen LogP contribution in [0.25, 0.3) is 16.6 Å². The van der Waals surface area contributed by atoms with Gasteiger partial charge in [-0.15, -0.1) is 0 Å². The van der Waals surface area contributed by atoms with Gasteiger partial charge < -0.3 is 20.4 Å². The third-order valence-corrected chi connectivity index (χ3v) is 7.51. The second-order valence-electron chi connectivity index (χ2n) is 9.63. The Morgan fingerprint density at radius 2 is 2.03 bits per heavy atom. The third-order valence-electron chi connectivity index (χ3n) is 7.51. The number of hydrogen-bond acceptors (Lipinski definition) is 7. The highest BCUT2D eigenvalue weighted by atomic mass is 16.1. The molecule has 7 heteroatoms. The number of rotatable bonds is 7. The van der Waals surface area contributed by atoms with Gasteiger partial charge in [0, 0.05) is 60.2 Å². The van der Waals surface area contributed by atoms with Crippen molar-refractivity contribution in [1.82, 2.24) is 20.2 Å². The van der Waals surface area contributed by atoms with Crippen LogP contribution in [0, 0.1) is 17.2 Å². The average Bonchev–Trinajstić information content (AvgIpc) is 3.58. The summed E-state index contributed by atoms with van der Waals surface area (Å²) in [5.74, 6) is 0.502. The van der Waals surface area contributed by atoms with Gasteiger partial charge in [-0.2, -0.15) is 0 Å². The lowest BCUT2D eigenvalue weighted by Gasteiger charge is -2.62. The van der Waals surface area contributed by atoms with Crippen molar-refractivity contribution in [2.45, 2.75) is 43.8 Å². The monoisotopic (exact) mass is 416 g/mol. The summed E-state index contributed by atoms with van der Waals surface area (Å²) in [6.45, 7) is 2.20. The molecule has 2 saturated carbocycles. The number of fused-ring (bicyclic) bond motifs is 2. The minimum atomic E-state index is 0.174. The number of hydrogen-bond donors (Lipinski definition) is 2. The number of anilines is 1. The lowest BCUT2D eigenvalue weighted by atomic mass is 9.81. The highest BCUT2D eigenvalue weighted by Crippen LogP contribution is 2.38. The first-order valence-corrected chi connectivity index (χ1v) is 11.3. The quantitative estimate of drug-likeness (QED) is 0.533. The topological polar surface area (TPSA) is 85.2 Å². The van der Waals surface area contributed by atoms with Gasteiger partial charge in [-0.05, 0) is 50.9 Å². The zero-order chi connectivity index (χ0) is 21.1. The van der Waals surface area contributed by atoms with Crippen LogP contribution in [0.4, 0.5) is 5.69 Å². The van der Waals surface area contributed by atoms with E-state index >= 15 is 0 Å². The van der Waals surface area contributed by atoms with Gasteiger partial charge in [0.15, 0.2) is 0 Å². The molecule has 2 saturated heterocycles. The number of benzene rings is 1. The SMILES string of the molecule is CN1CC2C1CN2c1ccc2ncc(/C(=C/NC3CC(C=O)C3)C(=N)C3CC3)nc2c1. The van der Waals surface area contributed by atoms with Crippen molar-refractivity contribution < 1.29 is 4.79 Å². The van der Waals surface area contributed by atoms with Crippen LogP contribution in [0.1, 0.15) is 31.4 Å². The fourth-order valence-corrected chi connectivity index (χ4v) is 5.07. The Kier molecular flexibility index (Phi) is 4.35. The molecule has 0 bridgehead atoms. The van der Waals surface area contributed by atoms with Gasteiger partial charge >= 0.3 is 0 Å². The van der Waals surface area contributed by atoms with Crippen molar-refractivity contribution in [2.75, 3.05) is 25.0 Å². The lowest BCUT2D eigenvalue weighted by molar-refractivity contribution is -0.113. The molecular weight excluding hydrogens is 388 g/mol. The molecule has 0 spiro atoms. The number of likely N-dealkylation sites (N-methyl/N-ethyl adjacent to an activating group) is 1. The summed E-state index contributed by atoms with van der Waals surface area (Å²) < 4.78 is 0. The molecule has 4 aliphatic rings. The van der Waals surface area contributed by atoms with E-state index in [1.807, 2.05) is 6.20 Å². The molecule has 2 aromatic rings. The maximum Gasteiger partial charge on any atom is 0.123 e. The first-order valence-electron chi connectivity index (χ1n) is 11.3. The molecule has 160 valence electrons. The van der Waals surface area contributed by atoms with E-state index in [9.17, 15) is 4.79 Å². The standard InChI is InChI=1S/C24H28N6O/c1-29-11-23-22(29)12-30(23)17-4-5-19-20(8-17)28-21(10-27-19)18(24(25)15-2-3-15)9-26-16-6-14(7-16)13-31/h4-5,8-10,13-16,22-23,25-26H,2-3,6-7,11-12H2,1H3/b18-9-,25-24?. The largest absolute Gasteiger partial charge is 0.388 e. The Morgan fingerprint density at radius 3 is 2.71 bits per heavy atom. The van der Waals surface area contributed by atoms with Gasteiger partial charge in [-0.1, -0.05) is 0 Å². The van der Waals surface area contributed by atoms with Gasteiger partial charge in [-0.3, -0.25) is 9.88 Å². The molecule has 2 N–H and O–H groups in total. The van der Waals surface area contributed by atoms with Crippen molar-refractivity contribution in [1.29, 1.82) is 5.41 Å². The molecule has 7 nitrogen and oxygen atoms in total. The molecule has 2 unspecified atom stereocenters. The van der Waals surface area contributed by atoms with Crippen LogP contribution < -0.4 is 10.2 Å². The summed E-state index contributed by atoms with van der Waals surface area (Å²) in [4.78, 5) is 25.3. The molecule has 2 aliphatic heterocycles. The molecule has 31 heavy (non-hydrogen) atoms. The van der Waals surface area contributed by atoms with Crippen molar-refractivity contribution in [2.24, 2.45) is 11.8 Å². The van der Waals surface area contributed by atoms with E-state index in [-0.39, 0.29) is 5.92 Å². The van der Waals surface area contributed by atoms with E-state index in [4.69, 9.17) is 10.4 Å². The van der Waals surface area contributed by atoms with Gasteiger partial charge in [-0.25, -0.2) is 4.98 Å². The summed E-state index contributed by atoms with van der Waals surface area (Å²) in [7, 11) is 2.19. The van der Waals surface area contributed by atoms with Crippen LogP contribution in [0.3, 0.4) is 0 Å². The zero-order valence-corrected chi connectivity index (χ0v) is 17.8. The molecule has 3 heterocycles. The molecule has 1 aromatic carbocycles. The number of carbonyl (C=O) groups is 1. The number of allylic oxidation sites excluding steroid dienone is 1. The van der Waals surface area contributed by atoms with Crippen LogP contribution in [0.15, 0.2) is 30.6 Å². The summed E-state index contributed by atoms with van der Waals surface area (Å²) in [6, 6.07) is 7.97. The number of likely N-dealkylation sites (tertiary alicyclic amines) is 1.